The van der Waals surface area contributed by atoms with E-state index in [-0.39, 0.29) is 0 Å². The van der Waals surface area contributed by atoms with E-state index in [9.17, 15) is 5.26 Å². The average Bonchev–Trinajstić information content (AvgIpc) is 4.11. The zero-order valence-corrected chi connectivity index (χ0v) is 35.6. The Morgan fingerprint density at radius 3 is 1.08 bits per heavy atom. The van der Waals surface area contributed by atoms with Crippen LogP contribution >= 0.6 is 0 Å². The number of aromatic nitrogens is 4. The molecule has 0 fully saturated rings. The first-order valence-corrected chi connectivity index (χ1v) is 22.4. The van der Waals surface area contributed by atoms with E-state index in [4.69, 9.17) is 0 Å². The summed E-state index contributed by atoms with van der Waals surface area (Å²) in [5.41, 5.74) is 14.8. The van der Waals surface area contributed by atoms with Gasteiger partial charge >= 0.3 is 0 Å². The van der Waals surface area contributed by atoms with E-state index in [1.807, 2.05) is 0 Å². The van der Waals surface area contributed by atoms with Crippen LogP contribution in [0.4, 0.5) is 0 Å². The summed E-state index contributed by atoms with van der Waals surface area (Å²) in [6, 6.07) is 83.2. The normalized spacial score (nSPS) is 11.9. The second-order valence-corrected chi connectivity index (χ2v) is 17.2. The van der Waals surface area contributed by atoms with Gasteiger partial charge in [-0.1, -0.05) is 152 Å². The Morgan fingerprint density at radius 1 is 0.288 bits per heavy atom. The van der Waals surface area contributed by atoms with Crippen molar-refractivity contribution in [2.45, 2.75) is 0 Å². The number of fused-ring (bicyclic) bond motifs is 12. The Hall–Kier alpha value is -9.11. The van der Waals surface area contributed by atoms with E-state index in [1.54, 1.807) is 0 Å². The number of hydrogen-bond acceptors (Lipinski definition) is 1. The molecule has 4 heterocycles. The highest BCUT2D eigenvalue weighted by Crippen LogP contribution is 2.47. The lowest BCUT2D eigenvalue weighted by Crippen LogP contribution is -2.11. The zero-order chi connectivity index (χ0) is 43.5. The van der Waals surface area contributed by atoms with Crippen LogP contribution in [0.15, 0.2) is 224 Å². The summed E-state index contributed by atoms with van der Waals surface area (Å²) in [5, 5.41) is 21.4. The minimum Gasteiger partial charge on any atom is -0.309 e. The summed E-state index contributed by atoms with van der Waals surface area (Å²) >= 11 is 0. The third-order valence-corrected chi connectivity index (χ3v) is 13.8. The first-order valence-electron chi connectivity index (χ1n) is 22.4. The van der Waals surface area contributed by atoms with E-state index < -0.39 is 0 Å². The van der Waals surface area contributed by atoms with Gasteiger partial charge in [0.2, 0.25) is 0 Å². The maximum Gasteiger partial charge on any atom is 0.104 e. The van der Waals surface area contributed by atoms with Gasteiger partial charge in [-0.15, -0.1) is 0 Å². The molecule has 10 aromatic carbocycles. The van der Waals surface area contributed by atoms with Crippen molar-refractivity contribution in [1.82, 2.24) is 18.3 Å². The van der Waals surface area contributed by atoms with Crippen molar-refractivity contribution in [2.24, 2.45) is 0 Å². The van der Waals surface area contributed by atoms with Crippen molar-refractivity contribution in [1.29, 1.82) is 5.26 Å². The smallest absolute Gasteiger partial charge is 0.104 e. The van der Waals surface area contributed by atoms with Gasteiger partial charge in [0.05, 0.1) is 61.2 Å². The van der Waals surface area contributed by atoms with E-state index in [1.165, 1.54) is 5.39 Å². The molecule has 5 nitrogen and oxygen atoms in total. The highest BCUT2D eigenvalue weighted by molar-refractivity contribution is 6.15. The average molecular weight is 840 g/mol. The number of rotatable bonds is 5. The predicted octanol–water partition coefficient (Wildman–Crippen LogP) is 15.6. The lowest BCUT2D eigenvalue weighted by Gasteiger charge is -2.24. The molecule has 0 atom stereocenters. The third-order valence-electron chi connectivity index (χ3n) is 13.8. The molecule has 0 spiro atoms. The molecule has 0 amide bonds. The summed E-state index contributed by atoms with van der Waals surface area (Å²) in [7, 11) is 0. The van der Waals surface area contributed by atoms with E-state index in [0.717, 1.165) is 116 Å². The molecule has 4 aromatic heterocycles. The largest absolute Gasteiger partial charge is 0.309 e. The molecule has 0 aliphatic carbocycles. The standard InChI is InChI=1S/C61H37N5/c62-38-50-60(65-54-30-14-6-22-43(54)44-23-7-15-31-55(44)65)48(39-34-35-58-49(36-39)47-26-10-11-27-51(47)63(58)40-18-2-1-3-19-40)37-59(64-52-28-12-4-20-41(52)42-21-5-13-29-53(42)64)61(50)66-56-32-16-8-24-45(56)46-25-9-17-33-57(46)66/h1-37H. The molecule has 5 heteroatoms. The van der Waals surface area contributed by atoms with Crippen LogP contribution in [-0.4, -0.2) is 18.3 Å². The summed E-state index contributed by atoms with van der Waals surface area (Å²) < 4.78 is 9.45. The monoisotopic (exact) mass is 839 g/mol. The van der Waals surface area contributed by atoms with E-state index >= 15 is 0 Å². The van der Waals surface area contributed by atoms with Crippen molar-refractivity contribution in [3.05, 3.63) is 230 Å². The number of hydrogen-bond donors (Lipinski definition) is 0. The van der Waals surface area contributed by atoms with E-state index in [0.29, 0.717) is 5.56 Å². The van der Waals surface area contributed by atoms with Gasteiger partial charge in [0.25, 0.3) is 0 Å². The van der Waals surface area contributed by atoms with Gasteiger partial charge in [0.1, 0.15) is 11.6 Å². The van der Waals surface area contributed by atoms with Gasteiger partial charge < -0.3 is 18.3 Å². The summed E-state index contributed by atoms with van der Waals surface area (Å²) in [6.45, 7) is 0. The summed E-state index contributed by atoms with van der Waals surface area (Å²) in [6.07, 6.45) is 0. The van der Waals surface area contributed by atoms with E-state index in [2.05, 4.69) is 249 Å². The first-order chi connectivity index (χ1) is 32.8. The van der Waals surface area contributed by atoms with Crippen LogP contribution in [0, 0.1) is 11.3 Å². The minimum atomic E-state index is 0.578. The Kier molecular flexibility index (Phi) is 7.69. The van der Waals surface area contributed by atoms with Crippen molar-refractivity contribution in [3.8, 4) is 39.9 Å². The Labute approximate surface area is 379 Å². The third kappa shape index (κ3) is 4.98. The number of nitriles is 1. The molecule has 0 saturated heterocycles. The SMILES string of the molecule is N#Cc1c(-n2c3ccccc3c3ccccc32)c(-c2ccc3c(c2)c2ccccc2n3-c2ccccc2)cc(-n2c3ccccc3c3ccccc32)c1-n1c2ccccc2c2ccccc21. The van der Waals surface area contributed by atoms with Crippen LogP contribution in [-0.2, 0) is 0 Å². The maximum absolute atomic E-state index is 12.3. The Morgan fingerprint density at radius 2 is 0.636 bits per heavy atom. The fourth-order valence-corrected chi connectivity index (χ4v) is 11.1. The fourth-order valence-electron chi connectivity index (χ4n) is 11.1. The quantitative estimate of drug-likeness (QED) is 0.170. The molecule has 66 heavy (non-hydrogen) atoms. The molecule has 0 aliphatic rings. The van der Waals surface area contributed by atoms with Gasteiger partial charge in [0.15, 0.2) is 0 Å². The maximum atomic E-state index is 12.3. The summed E-state index contributed by atoms with van der Waals surface area (Å²) in [4.78, 5) is 0. The van der Waals surface area contributed by atoms with Crippen LogP contribution in [0.1, 0.15) is 5.56 Å². The predicted molar refractivity (Wildman–Crippen MR) is 274 cm³/mol. The van der Waals surface area contributed by atoms with Crippen LogP contribution in [0.2, 0.25) is 0 Å². The lowest BCUT2D eigenvalue weighted by atomic mass is 9.95. The number of nitrogens with zero attached hydrogens (tertiary/aromatic N) is 5. The second-order valence-electron chi connectivity index (χ2n) is 17.2. The summed E-state index contributed by atoms with van der Waals surface area (Å²) in [5.74, 6) is 0. The molecule has 0 N–H and O–H groups in total. The second kappa shape index (κ2) is 13.9. The molecule has 14 aromatic rings. The van der Waals surface area contributed by atoms with Gasteiger partial charge in [-0.3, -0.25) is 0 Å². The number of benzene rings is 10. The molecule has 0 bridgehead atoms. The van der Waals surface area contributed by atoms with Crippen molar-refractivity contribution >= 4 is 87.2 Å². The highest BCUT2D eigenvalue weighted by atomic mass is 15.1. The zero-order valence-electron chi connectivity index (χ0n) is 35.6. The molecule has 0 aliphatic heterocycles. The molecule has 0 radical (unpaired) electrons. The molecule has 0 saturated carbocycles. The fraction of sp³-hybridized carbons (Fsp3) is 0. The first kappa shape index (κ1) is 36.4. The van der Waals surface area contributed by atoms with Crippen molar-refractivity contribution in [3.63, 3.8) is 0 Å². The molecule has 306 valence electrons. The lowest BCUT2D eigenvalue weighted by molar-refractivity contribution is 1.07. The topological polar surface area (TPSA) is 43.5 Å². The molecular weight excluding hydrogens is 803 g/mol. The van der Waals surface area contributed by atoms with Gasteiger partial charge in [-0.05, 0) is 78.4 Å². The highest BCUT2D eigenvalue weighted by Gasteiger charge is 2.29. The Bertz CT molecular complexity index is 4200. The van der Waals surface area contributed by atoms with Crippen molar-refractivity contribution < 1.29 is 0 Å². The van der Waals surface area contributed by atoms with Gasteiger partial charge in [-0.25, -0.2) is 0 Å². The van der Waals surface area contributed by atoms with Crippen LogP contribution in [0.3, 0.4) is 0 Å². The molecular formula is C61H37N5. The molecule has 0 unspecified atom stereocenters. The van der Waals surface area contributed by atoms with Gasteiger partial charge in [-0.2, -0.15) is 5.26 Å². The molecule has 14 rings (SSSR count). The van der Waals surface area contributed by atoms with Crippen LogP contribution < -0.4 is 0 Å². The van der Waals surface area contributed by atoms with Crippen molar-refractivity contribution in [2.75, 3.05) is 0 Å². The van der Waals surface area contributed by atoms with Crippen LogP contribution in [0.25, 0.3) is 121 Å². The van der Waals surface area contributed by atoms with Crippen LogP contribution in [0.5, 0.6) is 0 Å². The Balaban J connectivity index is 1.22. The minimum absolute atomic E-state index is 0.578. The van der Waals surface area contributed by atoms with Gasteiger partial charge in [0, 0.05) is 54.3 Å². The number of para-hydroxylation sites is 8.